The van der Waals surface area contributed by atoms with Crippen molar-refractivity contribution in [1.82, 2.24) is 20.1 Å². The molecule has 28 heavy (non-hydrogen) atoms. The lowest BCUT2D eigenvalue weighted by atomic mass is 10.1. The summed E-state index contributed by atoms with van der Waals surface area (Å²) in [6.07, 6.45) is 8.25. The molecule has 6 heteroatoms. The number of rotatable bonds is 5. The highest BCUT2D eigenvalue weighted by molar-refractivity contribution is 14.0. The first-order valence-electron chi connectivity index (χ1n) is 10.6. The molecular formula is C22H34IN5. The molecule has 0 amide bonds. The molecule has 2 N–H and O–H groups in total. The van der Waals surface area contributed by atoms with Crippen molar-refractivity contribution >= 4 is 40.8 Å². The number of fused-ring (bicyclic) bond motifs is 1. The standard InChI is InChI=1S/C22H33N5.HI/c1-3-17-7-6-8-20-18(15-25-21(17)20)9-11-24-22(23-2)27-14-10-19(16-27)26-12-4-5-13-26;/h6-8,15,19,25H,3-5,9-14,16H2,1-2H3,(H,23,24);1H. The minimum absolute atomic E-state index is 0. The Bertz CT molecular complexity index is 793. The monoisotopic (exact) mass is 495 g/mol. The molecule has 0 spiro atoms. The van der Waals surface area contributed by atoms with Crippen molar-refractivity contribution in [3.63, 3.8) is 0 Å². The summed E-state index contributed by atoms with van der Waals surface area (Å²) in [6.45, 7) is 7.93. The van der Waals surface area contributed by atoms with Gasteiger partial charge in [-0.25, -0.2) is 0 Å². The van der Waals surface area contributed by atoms with Crippen LogP contribution < -0.4 is 5.32 Å². The summed E-state index contributed by atoms with van der Waals surface area (Å²) >= 11 is 0. The molecule has 1 aromatic carbocycles. The number of likely N-dealkylation sites (tertiary alicyclic amines) is 2. The van der Waals surface area contributed by atoms with Gasteiger partial charge in [0.2, 0.25) is 0 Å². The molecule has 0 bridgehead atoms. The third-order valence-corrected chi connectivity index (χ3v) is 6.28. The Morgan fingerprint density at radius 2 is 2.04 bits per heavy atom. The van der Waals surface area contributed by atoms with Crippen molar-refractivity contribution in [2.75, 3.05) is 39.8 Å². The van der Waals surface area contributed by atoms with Crippen LogP contribution >= 0.6 is 24.0 Å². The van der Waals surface area contributed by atoms with Gasteiger partial charge in [-0.1, -0.05) is 25.1 Å². The van der Waals surface area contributed by atoms with Crippen LogP contribution in [0, 0.1) is 0 Å². The number of hydrogen-bond donors (Lipinski definition) is 2. The fourth-order valence-electron chi connectivity index (χ4n) is 4.76. The summed E-state index contributed by atoms with van der Waals surface area (Å²) in [5.41, 5.74) is 4.08. The summed E-state index contributed by atoms with van der Waals surface area (Å²) in [7, 11) is 1.91. The molecule has 1 aromatic heterocycles. The van der Waals surface area contributed by atoms with E-state index in [0.717, 1.165) is 38.4 Å². The van der Waals surface area contributed by atoms with Crippen LogP contribution in [0.3, 0.4) is 0 Å². The van der Waals surface area contributed by atoms with Gasteiger partial charge < -0.3 is 15.2 Å². The van der Waals surface area contributed by atoms with Crippen LogP contribution in [-0.2, 0) is 12.8 Å². The highest BCUT2D eigenvalue weighted by Crippen LogP contribution is 2.23. The van der Waals surface area contributed by atoms with Crippen LogP contribution in [0.15, 0.2) is 29.4 Å². The van der Waals surface area contributed by atoms with Crippen LogP contribution in [0.25, 0.3) is 10.9 Å². The average molecular weight is 495 g/mol. The maximum Gasteiger partial charge on any atom is 0.193 e. The molecule has 2 aliphatic rings. The second kappa shape index (κ2) is 9.96. The maximum absolute atomic E-state index is 4.54. The topological polar surface area (TPSA) is 46.7 Å². The second-order valence-corrected chi connectivity index (χ2v) is 7.86. The molecule has 2 fully saturated rings. The lowest BCUT2D eigenvalue weighted by molar-refractivity contribution is 0.249. The van der Waals surface area contributed by atoms with Crippen molar-refractivity contribution in [3.05, 3.63) is 35.5 Å². The van der Waals surface area contributed by atoms with Gasteiger partial charge in [0.15, 0.2) is 5.96 Å². The molecule has 2 aromatic rings. The van der Waals surface area contributed by atoms with Crippen LogP contribution in [0.5, 0.6) is 0 Å². The van der Waals surface area contributed by atoms with E-state index in [0.29, 0.717) is 6.04 Å². The van der Waals surface area contributed by atoms with E-state index in [2.05, 4.69) is 56.4 Å². The highest BCUT2D eigenvalue weighted by atomic mass is 127. The van der Waals surface area contributed by atoms with Gasteiger partial charge in [0.1, 0.15) is 0 Å². The van der Waals surface area contributed by atoms with E-state index < -0.39 is 0 Å². The molecule has 2 aliphatic heterocycles. The lowest BCUT2D eigenvalue weighted by Crippen LogP contribution is -2.43. The van der Waals surface area contributed by atoms with Gasteiger partial charge in [0.25, 0.3) is 0 Å². The first-order chi connectivity index (χ1) is 13.3. The molecular weight excluding hydrogens is 461 g/mol. The number of nitrogens with zero attached hydrogens (tertiary/aromatic N) is 3. The number of aromatic amines is 1. The van der Waals surface area contributed by atoms with E-state index in [-0.39, 0.29) is 24.0 Å². The Morgan fingerprint density at radius 1 is 1.21 bits per heavy atom. The minimum atomic E-state index is 0. The summed E-state index contributed by atoms with van der Waals surface area (Å²) in [5.74, 6) is 1.06. The van der Waals surface area contributed by atoms with Gasteiger partial charge in [-0.15, -0.1) is 24.0 Å². The maximum atomic E-state index is 4.54. The molecule has 1 atom stereocenters. The zero-order valence-corrected chi connectivity index (χ0v) is 19.5. The van der Waals surface area contributed by atoms with Crippen molar-refractivity contribution < 1.29 is 0 Å². The predicted molar refractivity (Wildman–Crippen MR) is 129 cm³/mol. The fourth-order valence-corrected chi connectivity index (χ4v) is 4.76. The third kappa shape index (κ3) is 4.48. The van der Waals surface area contributed by atoms with Gasteiger partial charge in [0.05, 0.1) is 0 Å². The van der Waals surface area contributed by atoms with Crippen molar-refractivity contribution in [2.24, 2.45) is 4.99 Å². The number of hydrogen-bond acceptors (Lipinski definition) is 2. The number of aliphatic imine (C=N–C) groups is 1. The normalized spacial score (nSPS) is 20.7. The average Bonchev–Trinajstić information content (AvgIpc) is 3.45. The molecule has 0 saturated carbocycles. The number of benzene rings is 1. The number of H-pyrrole nitrogens is 1. The molecule has 5 nitrogen and oxygen atoms in total. The highest BCUT2D eigenvalue weighted by Gasteiger charge is 2.30. The number of para-hydroxylation sites is 1. The number of nitrogens with one attached hydrogen (secondary N) is 2. The molecule has 4 rings (SSSR count). The Morgan fingerprint density at radius 3 is 2.79 bits per heavy atom. The van der Waals surface area contributed by atoms with Gasteiger partial charge in [-0.05, 0) is 56.3 Å². The first-order valence-corrected chi connectivity index (χ1v) is 10.6. The van der Waals surface area contributed by atoms with Crippen molar-refractivity contribution in [3.8, 4) is 0 Å². The van der Waals surface area contributed by atoms with Crippen LogP contribution in [-0.4, -0.2) is 66.6 Å². The fraction of sp³-hybridized carbons (Fsp3) is 0.591. The zero-order chi connectivity index (χ0) is 18.6. The van der Waals surface area contributed by atoms with E-state index in [1.54, 1.807) is 0 Å². The van der Waals surface area contributed by atoms with Gasteiger partial charge >= 0.3 is 0 Å². The molecule has 2 saturated heterocycles. The van der Waals surface area contributed by atoms with Crippen LogP contribution in [0.2, 0.25) is 0 Å². The largest absolute Gasteiger partial charge is 0.361 e. The summed E-state index contributed by atoms with van der Waals surface area (Å²) in [5, 5.41) is 4.96. The minimum Gasteiger partial charge on any atom is -0.361 e. The second-order valence-electron chi connectivity index (χ2n) is 7.86. The molecule has 1 unspecified atom stereocenters. The van der Waals surface area contributed by atoms with Gasteiger partial charge in [-0.2, -0.15) is 0 Å². The predicted octanol–water partition coefficient (Wildman–Crippen LogP) is 3.64. The molecule has 3 heterocycles. The summed E-state index contributed by atoms with van der Waals surface area (Å²) < 4.78 is 0. The molecule has 154 valence electrons. The van der Waals surface area contributed by atoms with Crippen molar-refractivity contribution in [1.29, 1.82) is 0 Å². The Hall–Kier alpha value is -1.28. The lowest BCUT2D eigenvalue weighted by Gasteiger charge is -2.25. The molecule has 0 radical (unpaired) electrons. The number of guanidine groups is 1. The van der Waals surface area contributed by atoms with E-state index in [9.17, 15) is 0 Å². The van der Waals surface area contributed by atoms with Gasteiger partial charge in [-0.3, -0.25) is 9.89 Å². The third-order valence-electron chi connectivity index (χ3n) is 6.28. The number of aryl methyl sites for hydroxylation is 1. The van der Waals surface area contributed by atoms with E-state index >= 15 is 0 Å². The number of halogens is 1. The Kier molecular flexibility index (Phi) is 7.62. The Balaban J connectivity index is 0.00000225. The van der Waals surface area contributed by atoms with Crippen molar-refractivity contribution in [2.45, 2.75) is 45.1 Å². The van der Waals surface area contributed by atoms with Crippen LogP contribution in [0.4, 0.5) is 0 Å². The summed E-state index contributed by atoms with van der Waals surface area (Å²) in [4.78, 5) is 13.1. The molecule has 0 aliphatic carbocycles. The zero-order valence-electron chi connectivity index (χ0n) is 17.2. The van der Waals surface area contributed by atoms with Crippen LogP contribution in [0.1, 0.15) is 37.3 Å². The number of aromatic nitrogens is 1. The quantitative estimate of drug-likeness (QED) is 0.379. The first kappa shape index (κ1) is 21.4. The Labute approximate surface area is 186 Å². The van der Waals surface area contributed by atoms with E-state index in [4.69, 9.17) is 0 Å². The summed E-state index contributed by atoms with van der Waals surface area (Å²) in [6, 6.07) is 7.34. The van der Waals surface area contributed by atoms with E-state index in [1.165, 1.54) is 54.4 Å². The van der Waals surface area contributed by atoms with Gasteiger partial charge in [0, 0.05) is 49.8 Å². The SMILES string of the molecule is CCc1cccc2c(CCNC(=NC)N3CCC(N4CCCC4)C3)c[nH]c12.I. The van der Waals surface area contributed by atoms with E-state index in [1.807, 2.05) is 7.05 Å². The smallest absolute Gasteiger partial charge is 0.193 e.